The summed E-state index contributed by atoms with van der Waals surface area (Å²) in [7, 11) is 3.15. The summed E-state index contributed by atoms with van der Waals surface area (Å²) in [6.07, 6.45) is 1.66. The van der Waals surface area contributed by atoms with Crippen molar-refractivity contribution in [3.8, 4) is 11.5 Å². The molecule has 0 aliphatic carbocycles. The van der Waals surface area contributed by atoms with E-state index in [1.165, 1.54) is 0 Å². The number of cyclic esters (lactones) is 1. The van der Waals surface area contributed by atoms with Gasteiger partial charge in [0.05, 0.1) is 24.3 Å². The number of aliphatic imine (C=N–C) groups is 1. The molecule has 3 rings (SSSR count). The van der Waals surface area contributed by atoms with Crippen LogP contribution in [0.15, 0.2) is 57.6 Å². The number of hydrogen-bond acceptors (Lipinski definition) is 5. The van der Waals surface area contributed by atoms with E-state index >= 15 is 0 Å². The van der Waals surface area contributed by atoms with Gasteiger partial charge in [-0.1, -0.05) is 18.2 Å². The number of esters is 1. The molecule has 2 aromatic rings. The Balaban J connectivity index is 1.96. The Labute approximate surface area is 147 Å². The Morgan fingerprint density at radius 2 is 1.83 bits per heavy atom. The normalized spacial score (nSPS) is 15.2. The van der Waals surface area contributed by atoms with E-state index in [9.17, 15) is 4.79 Å². The lowest BCUT2D eigenvalue weighted by Crippen LogP contribution is -2.06. The van der Waals surface area contributed by atoms with Crippen LogP contribution in [0.2, 0.25) is 0 Å². The predicted octanol–water partition coefficient (Wildman–Crippen LogP) is 3.81. The minimum atomic E-state index is -0.497. The second-order valence-corrected chi connectivity index (χ2v) is 5.78. The van der Waals surface area contributed by atoms with E-state index in [0.29, 0.717) is 17.1 Å². The predicted molar refractivity (Wildman–Crippen MR) is 94.3 cm³/mol. The third kappa shape index (κ3) is 3.19. The topological polar surface area (TPSA) is 57.1 Å². The van der Waals surface area contributed by atoms with Crippen LogP contribution in [-0.4, -0.2) is 26.1 Å². The molecule has 1 aliphatic heterocycles. The number of rotatable bonds is 4. The van der Waals surface area contributed by atoms with Gasteiger partial charge in [0.1, 0.15) is 11.5 Å². The number of benzene rings is 2. The van der Waals surface area contributed by atoms with Gasteiger partial charge in [0.25, 0.3) is 0 Å². The van der Waals surface area contributed by atoms with Crippen LogP contribution >= 0.6 is 15.9 Å². The first-order valence-corrected chi connectivity index (χ1v) is 7.91. The summed E-state index contributed by atoms with van der Waals surface area (Å²) in [6, 6.07) is 12.7. The maximum atomic E-state index is 12.1. The molecule has 5 nitrogen and oxygen atoms in total. The fraction of sp³-hybridized carbons (Fsp3) is 0.111. The smallest absolute Gasteiger partial charge is 0.363 e. The molecule has 0 atom stereocenters. The second kappa shape index (κ2) is 6.88. The lowest BCUT2D eigenvalue weighted by atomic mass is 10.2. The Kier molecular flexibility index (Phi) is 4.66. The van der Waals surface area contributed by atoms with Crippen molar-refractivity contribution in [2.24, 2.45) is 4.99 Å². The molecule has 2 aromatic carbocycles. The second-order valence-electron chi connectivity index (χ2n) is 4.93. The van der Waals surface area contributed by atoms with Gasteiger partial charge in [-0.15, -0.1) is 0 Å². The molecule has 0 fully saturated rings. The monoisotopic (exact) mass is 387 g/mol. The number of hydrogen-bond donors (Lipinski definition) is 0. The first-order chi connectivity index (χ1) is 11.6. The van der Waals surface area contributed by atoms with Crippen LogP contribution in [-0.2, 0) is 9.53 Å². The van der Waals surface area contributed by atoms with Gasteiger partial charge in [0.2, 0.25) is 5.90 Å². The summed E-state index contributed by atoms with van der Waals surface area (Å²) in [6.45, 7) is 0. The van der Waals surface area contributed by atoms with Crippen LogP contribution in [0.1, 0.15) is 11.1 Å². The molecule has 0 amide bonds. The lowest BCUT2D eigenvalue weighted by Gasteiger charge is -2.05. The highest BCUT2D eigenvalue weighted by molar-refractivity contribution is 9.10. The van der Waals surface area contributed by atoms with Crippen LogP contribution in [0.5, 0.6) is 11.5 Å². The highest BCUT2D eigenvalue weighted by Gasteiger charge is 2.26. The number of para-hydroxylation sites is 1. The summed E-state index contributed by atoms with van der Waals surface area (Å²) < 4.78 is 16.5. The van der Waals surface area contributed by atoms with Crippen molar-refractivity contribution in [1.29, 1.82) is 0 Å². The third-order valence-corrected chi connectivity index (χ3v) is 4.06. The van der Waals surface area contributed by atoms with E-state index in [2.05, 4.69) is 20.9 Å². The quantitative estimate of drug-likeness (QED) is 0.591. The van der Waals surface area contributed by atoms with E-state index in [4.69, 9.17) is 14.2 Å². The Bertz CT molecular complexity index is 858. The van der Waals surface area contributed by atoms with Crippen LogP contribution in [0.3, 0.4) is 0 Å². The van der Waals surface area contributed by atoms with Gasteiger partial charge in [-0.2, -0.15) is 0 Å². The van der Waals surface area contributed by atoms with Crippen molar-refractivity contribution in [1.82, 2.24) is 0 Å². The summed E-state index contributed by atoms with van der Waals surface area (Å²) in [5, 5.41) is 0. The fourth-order valence-corrected chi connectivity index (χ4v) is 2.83. The fourth-order valence-electron chi connectivity index (χ4n) is 2.28. The molecule has 0 N–H and O–H groups in total. The van der Waals surface area contributed by atoms with Crippen molar-refractivity contribution in [3.05, 3.63) is 63.8 Å². The van der Waals surface area contributed by atoms with Crippen molar-refractivity contribution < 1.29 is 19.0 Å². The molecule has 1 aliphatic rings. The van der Waals surface area contributed by atoms with E-state index in [1.807, 2.05) is 30.3 Å². The van der Waals surface area contributed by atoms with E-state index < -0.39 is 5.97 Å². The molecule has 24 heavy (non-hydrogen) atoms. The number of halogens is 1. The molecule has 6 heteroatoms. The average Bonchev–Trinajstić information content (AvgIpc) is 2.95. The molecule has 0 saturated carbocycles. The number of carbonyl (C=O) groups is 1. The Morgan fingerprint density at radius 3 is 2.54 bits per heavy atom. The van der Waals surface area contributed by atoms with Crippen molar-refractivity contribution in [3.63, 3.8) is 0 Å². The molecule has 0 radical (unpaired) electrons. The van der Waals surface area contributed by atoms with Crippen LogP contribution < -0.4 is 9.47 Å². The van der Waals surface area contributed by atoms with Crippen molar-refractivity contribution >= 4 is 33.9 Å². The molecule has 0 bridgehead atoms. The van der Waals surface area contributed by atoms with Crippen molar-refractivity contribution in [2.45, 2.75) is 0 Å². The van der Waals surface area contributed by atoms with Gasteiger partial charge in [-0.3, -0.25) is 0 Å². The van der Waals surface area contributed by atoms with Gasteiger partial charge >= 0.3 is 5.97 Å². The maximum absolute atomic E-state index is 12.1. The third-order valence-electron chi connectivity index (χ3n) is 3.44. The minimum Gasteiger partial charge on any atom is -0.496 e. The zero-order valence-electron chi connectivity index (χ0n) is 13.1. The van der Waals surface area contributed by atoms with Crippen LogP contribution in [0.4, 0.5) is 0 Å². The van der Waals surface area contributed by atoms with Crippen LogP contribution in [0.25, 0.3) is 6.08 Å². The van der Waals surface area contributed by atoms with Crippen LogP contribution in [0, 0.1) is 0 Å². The van der Waals surface area contributed by atoms with Gasteiger partial charge in [0.15, 0.2) is 5.70 Å². The molecular formula is C18H14BrNO4. The molecular weight excluding hydrogens is 374 g/mol. The molecule has 0 saturated heterocycles. The number of carbonyl (C=O) groups excluding carboxylic acids is 1. The maximum Gasteiger partial charge on any atom is 0.363 e. The van der Waals surface area contributed by atoms with Gasteiger partial charge in [0, 0.05) is 0 Å². The first-order valence-electron chi connectivity index (χ1n) is 7.12. The zero-order chi connectivity index (χ0) is 17.1. The summed E-state index contributed by atoms with van der Waals surface area (Å²) in [4.78, 5) is 16.4. The first kappa shape index (κ1) is 16.3. The number of methoxy groups -OCH3 is 2. The van der Waals surface area contributed by atoms with Gasteiger partial charge in [-0.05, 0) is 51.8 Å². The average molecular weight is 388 g/mol. The zero-order valence-corrected chi connectivity index (χ0v) is 14.7. The minimum absolute atomic E-state index is 0.230. The van der Waals surface area contributed by atoms with Gasteiger partial charge in [-0.25, -0.2) is 9.79 Å². The summed E-state index contributed by atoms with van der Waals surface area (Å²) in [5.74, 6) is 1.04. The highest BCUT2D eigenvalue weighted by atomic mass is 79.9. The highest BCUT2D eigenvalue weighted by Crippen LogP contribution is 2.28. The Hall–Kier alpha value is -2.60. The Morgan fingerprint density at radius 1 is 1.08 bits per heavy atom. The summed E-state index contributed by atoms with van der Waals surface area (Å²) in [5.41, 5.74) is 1.67. The number of nitrogens with zero attached hydrogens (tertiary/aromatic N) is 1. The van der Waals surface area contributed by atoms with E-state index in [0.717, 1.165) is 10.0 Å². The summed E-state index contributed by atoms with van der Waals surface area (Å²) >= 11 is 3.42. The van der Waals surface area contributed by atoms with E-state index in [1.54, 1.807) is 32.4 Å². The standard InChI is InChI=1S/C18H14BrNO4/c1-22-15-6-4-3-5-12(15)17-20-14(18(21)24-17)10-11-7-8-16(23-2)13(19)9-11/h3-10H,1-2H3/b14-10-. The lowest BCUT2D eigenvalue weighted by molar-refractivity contribution is -0.129. The molecule has 0 aromatic heterocycles. The molecule has 122 valence electrons. The molecule has 1 heterocycles. The SMILES string of the molecule is COc1ccc(/C=C2\N=C(c3ccccc3OC)OC2=O)cc1Br. The van der Waals surface area contributed by atoms with E-state index in [-0.39, 0.29) is 11.6 Å². The van der Waals surface area contributed by atoms with Gasteiger partial charge < -0.3 is 14.2 Å². The van der Waals surface area contributed by atoms with Crippen molar-refractivity contribution in [2.75, 3.05) is 14.2 Å². The number of ether oxygens (including phenoxy) is 3. The largest absolute Gasteiger partial charge is 0.496 e. The molecule has 0 unspecified atom stereocenters. The molecule has 0 spiro atoms.